The first-order chi connectivity index (χ1) is 14.5. The maximum Gasteiger partial charge on any atom is 4.00 e. The van der Waals surface area contributed by atoms with Crippen molar-refractivity contribution < 1.29 is 99.4 Å². The van der Waals surface area contributed by atoms with Crippen molar-refractivity contribution in [2.75, 3.05) is 26.4 Å². The van der Waals surface area contributed by atoms with Crippen LogP contribution in [0.5, 0.6) is 0 Å². The van der Waals surface area contributed by atoms with Crippen LogP contribution in [0.4, 0.5) is 0 Å². The molecule has 184 valence electrons. The predicted octanol–water partition coefficient (Wildman–Crippen LogP) is -6.80. The van der Waals surface area contributed by atoms with Crippen molar-refractivity contribution in [3.8, 4) is 0 Å². The zero-order valence-corrected chi connectivity index (χ0v) is 19.4. The minimum absolute atomic E-state index is 0. The number of aliphatic carboxylic acids is 4. The van der Waals surface area contributed by atoms with Crippen LogP contribution in [0, 0.1) is 0 Å². The second kappa shape index (κ2) is 26.5. The molecule has 0 aliphatic carbocycles. The molecule has 0 fully saturated rings. The van der Waals surface area contributed by atoms with E-state index >= 15 is 0 Å². The maximum atomic E-state index is 9.83. The van der Waals surface area contributed by atoms with Gasteiger partial charge in [-0.05, 0) is 0 Å². The van der Waals surface area contributed by atoms with Gasteiger partial charge in [-0.1, -0.05) is 0 Å². The van der Waals surface area contributed by atoms with Crippen molar-refractivity contribution in [3.05, 3.63) is 0 Å². The Balaban J connectivity index is -0.000000105. The summed E-state index contributed by atoms with van der Waals surface area (Å²) in [5, 5.41) is 38.1. The summed E-state index contributed by atoms with van der Waals surface area (Å²) in [7, 11) is 0. The summed E-state index contributed by atoms with van der Waals surface area (Å²) in [6.07, 6.45) is 0. The molecule has 0 aliphatic heterocycles. The summed E-state index contributed by atoms with van der Waals surface area (Å²) in [6, 6.07) is 0. The van der Waals surface area contributed by atoms with Crippen LogP contribution < -0.4 is 20.4 Å². The number of rotatable bonds is 8. The number of carboxylic acids is 4. The Kier molecular flexibility index (Phi) is 32.0. The molecule has 0 radical (unpaired) electrons. The standard InChI is InChI=1S/4C4H6O4.Ti/c4*1-3(5)8-2-4(6)7;/h4*2H2,1H3,(H,6,7);/q;;;;+4/p-4. The minimum Gasteiger partial charge on any atom is -0.546 e. The monoisotopic (exact) mass is 516 g/mol. The Morgan fingerprint density at radius 2 is 0.545 bits per heavy atom. The van der Waals surface area contributed by atoms with Crippen LogP contribution in [0.1, 0.15) is 27.7 Å². The number of carbonyl (C=O) groups is 8. The molecule has 0 atom stereocenters. The van der Waals surface area contributed by atoms with E-state index in [0.717, 1.165) is 27.7 Å². The van der Waals surface area contributed by atoms with Gasteiger partial charge in [0, 0.05) is 27.7 Å². The molecule has 0 heterocycles. The van der Waals surface area contributed by atoms with Crippen molar-refractivity contribution in [2.24, 2.45) is 0 Å². The average Bonchev–Trinajstić information content (AvgIpc) is 2.63. The Morgan fingerprint density at radius 3 is 0.576 bits per heavy atom. The first kappa shape index (κ1) is 39.9. The van der Waals surface area contributed by atoms with E-state index in [0.29, 0.717) is 0 Å². The summed E-state index contributed by atoms with van der Waals surface area (Å²) in [5.74, 6) is -8.02. The fourth-order valence-electron chi connectivity index (χ4n) is 0.642. The van der Waals surface area contributed by atoms with Crippen LogP contribution in [0.25, 0.3) is 0 Å². The third-order valence-corrected chi connectivity index (χ3v) is 1.57. The largest absolute Gasteiger partial charge is 4.00 e. The van der Waals surface area contributed by atoms with Crippen molar-refractivity contribution in [1.29, 1.82) is 0 Å². The van der Waals surface area contributed by atoms with Crippen molar-refractivity contribution >= 4 is 47.8 Å². The normalized spacial score (nSPS) is 7.88. The Morgan fingerprint density at radius 1 is 0.424 bits per heavy atom. The van der Waals surface area contributed by atoms with Crippen LogP contribution in [-0.4, -0.2) is 74.2 Å². The summed E-state index contributed by atoms with van der Waals surface area (Å²) in [4.78, 5) is 77.4. The molecule has 0 amide bonds. The Labute approximate surface area is 201 Å². The molecule has 16 nitrogen and oxygen atoms in total. The maximum absolute atomic E-state index is 9.83. The van der Waals surface area contributed by atoms with E-state index < -0.39 is 74.2 Å². The van der Waals surface area contributed by atoms with E-state index in [-0.39, 0.29) is 21.7 Å². The van der Waals surface area contributed by atoms with Crippen LogP contribution in [0.2, 0.25) is 0 Å². The first-order valence-corrected chi connectivity index (χ1v) is 7.83. The smallest absolute Gasteiger partial charge is 0.546 e. The third kappa shape index (κ3) is 73.5. The molecule has 33 heavy (non-hydrogen) atoms. The van der Waals surface area contributed by atoms with Gasteiger partial charge in [-0.3, -0.25) is 19.2 Å². The van der Waals surface area contributed by atoms with Crippen LogP contribution >= 0.6 is 0 Å². The molecular formula is C16H20O16Ti. The molecule has 17 heteroatoms. The van der Waals surface area contributed by atoms with Crippen molar-refractivity contribution in [2.45, 2.75) is 27.7 Å². The molecule has 0 aromatic rings. The van der Waals surface area contributed by atoms with E-state index in [1.165, 1.54) is 0 Å². The fraction of sp³-hybridized carbons (Fsp3) is 0.500. The molecule has 0 aromatic carbocycles. The molecule has 0 saturated heterocycles. The summed E-state index contributed by atoms with van der Waals surface area (Å²) in [6.45, 7) is 1.88. The van der Waals surface area contributed by atoms with Crippen molar-refractivity contribution in [3.63, 3.8) is 0 Å². The van der Waals surface area contributed by atoms with Gasteiger partial charge in [0.25, 0.3) is 0 Å². The number of hydrogen-bond acceptors (Lipinski definition) is 16. The SMILES string of the molecule is CC(=O)OCC(=O)[O-].CC(=O)OCC(=O)[O-].CC(=O)OCC(=O)[O-].CC(=O)OCC(=O)[O-].[Ti+4]. The zero-order valence-electron chi connectivity index (χ0n) is 17.9. The van der Waals surface area contributed by atoms with E-state index in [4.69, 9.17) is 0 Å². The van der Waals surface area contributed by atoms with Crippen molar-refractivity contribution in [1.82, 2.24) is 0 Å². The van der Waals surface area contributed by atoms with Crippen LogP contribution in [0.15, 0.2) is 0 Å². The van der Waals surface area contributed by atoms with Gasteiger partial charge in [0.05, 0.1) is 23.9 Å². The number of carbonyl (C=O) groups excluding carboxylic acids is 8. The van der Waals surface area contributed by atoms with Gasteiger partial charge in [0.1, 0.15) is 26.4 Å². The second-order valence-corrected chi connectivity index (χ2v) is 4.61. The van der Waals surface area contributed by atoms with Crippen LogP contribution in [-0.2, 0) is 79.0 Å². The van der Waals surface area contributed by atoms with E-state index in [2.05, 4.69) is 18.9 Å². The summed E-state index contributed by atoms with van der Waals surface area (Å²) >= 11 is 0. The van der Waals surface area contributed by atoms with E-state index in [1.54, 1.807) is 0 Å². The Hall–Kier alpha value is -3.53. The van der Waals surface area contributed by atoms with Gasteiger partial charge < -0.3 is 58.6 Å². The van der Waals surface area contributed by atoms with Crippen LogP contribution in [0.3, 0.4) is 0 Å². The first-order valence-electron chi connectivity index (χ1n) is 7.83. The number of hydrogen-bond donors (Lipinski definition) is 0. The second-order valence-electron chi connectivity index (χ2n) is 4.61. The molecule has 0 spiro atoms. The molecule has 0 saturated carbocycles. The van der Waals surface area contributed by atoms with Gasteiger partial charge in [-0.2, -0.15) is 0 Å². The molecular weight excluding hydrogens is 496 g/mol. The minimum atomic E-state index is -1.39. The predicted molar refractivity (Wildman–Crippen MR) is 86.6 cm³/mol. The molecule has 0 bridgehead atoms. The molecule has 0 aliphatic rings. The number of esters is 4. The van der Waals surface area contributed by atoms with Gasteiger partial charge in [-0.15, -0.1) is 0 Å². The van der Waals surface area contributed by atoms with Gasteiger partial charge in [-0.25, -0.2) is 0 Å². The third-order valence-electron chi connectivity index (χ3n) is 1.57. The van der Waals surface area contributed by atoms with E-state index in [9.17, 15) is 58.8 Å². The molecule has 0 rings (SSSR count). The van der Waals surface area contributed by atoms with E-state index in [1.807, 2.05) is 0 Å². The molecule has 0 unspecified atom stereocenters. The Bertz CT molecular complexity index is 489. The van der Waals surface area contributed by atoms with Gasteiger partial charge >= 0.3 is 45.6 Å². The average molecular weight is 516 g/mol. The zero-order chi connectivity index (χ0) is 26.3. The fourth-order valence-corrected chi connectivity index (χ4v) is 0.642. The summed E-state index contributed by atoms with van der Waals surface area (Å²) in [5.41, 5.74) is 0. The van der Waals surface area contributed by atoms with Gasteiger partial charge in [0.15, 0.2) is 0 Å². The van der Waals surface area contributed by atoms with Gasteiger partial charge in [0.2, 0.25) is 0 Å². The quantitative estimate of drug-likeness (QED) is 0.165. The number of carboxylic acid groups (broad SMARTS) is 4. The molecule has 0 N–H and O–H groups in total. The molecule has 0 aromatic heterocycles. The summed E-state index contributed by atoms with van der Waals surface area (Å²) < 4.78 is 16.0. The topological polar surface area (TPSA) is 266 Å². The number of ether oxygens (including phenoxy) is 4.